The Labute approximate surface area is 228 Å². The Kier molecular flexibility index (Phi) is 31.1. The SMILES string of the molecule is CCCCCCCCCCCCCCCCCC(O)C(O)CCCCCCCCCCCCCCC. The van der Waals surface area contributed by atoms with E-state index in [9.17, 15) is 10.2 Å². The van der Waals surface area contributed by atoms with Gasteiger partial charge in [0.05, 0.1) is 12.2 Å². The van der Waals surface area contributed by atoms with E-state index in [1.807, 2.05) is 0 Å². The van der Waals surface area contributed by atoms with E-state index >= 15 is 0 Å². The zero-order valence-corrected chi connectivity index (χ0v) is 25.3. The maximum absolute atomic E-state index is 10.3. The predicted octanol–water partition coefficient (Wildman–Crippen LogP) is 11.5. The molecule has 0 aromatic heterocycles. The summed E-state index contributed by atoms with van der Waals surface area (Å²) in [5.74, 6) is 0. The summed E-state index contributed by atoms with van der Waals surface area (Å²) in [5.41, 5.74) is 0. The minimum Gasteiger partial charge on any atom is -0.390 e. The van der Waals surface area contributed by atoms with Crippen LogP contribution in [0.15, 0.2) is 0 Å². The van der Waals surface area contributed by atoms with Crippen molar-refractivity contribution in [1.82, 2.24) is 0 Å². The molecule has 0 heterocycles. The lowest BCUT2D eigenvalue weighted by Gasteiger charge is -2.17. The van der Waals surface area contributed by atoms with Gasteiger partial charge < -0.3 is 10.2 Å². The Balaban J connectivity index is 3.27. The fourth-order valence-corrected chi connectivity index (χ4v) is 5.48. The van der Waals surface area contributed by atoms with Crippen LogP contribution in [-0.2, 0) is 0 Å². The molecule has 0 radical (unpaired) electrons. The number of aliphatic hydroxyl groups excluding tert-OH is 2. The fraction of sp³-hybridized carbons (Fsp3) is 1.00. The summed E-state index contributed by atoms with van der Waals surface area (Å²) in [7, 11) is 0. The Morgan fingerprint density at radius 2 is 0.444 bits per heavy atom. The first kappa shape index (κ1) is 35.9. The highest BCUT2D eigenvalue weighted by Crippen LogP contribution is 2.17. The summed E-state index contributed by atoms with van der Waals surface area (Å²) in [5, 5.41) is 20.5. The lowest BCUT2D eigenvalue weighted by atomic mass is 9.99. The van der Waals surface area contributed by atoms with Gasteiger partial charge in [0.2, 0.25) is 0 Å². The number of hydrogen-bond donors (Lipinski definition) is 2. The van der Waals surface area contributed by atoms with E-state index in [0.29, 0.717) is 0 Å². The van der Waals surface area contributed by atoms with Crippen molar-refractivity contribution < 1.29 is 10.2 Å². The van der Waals surface area contributed by atoms with E-state index < -0.39 is 12.2 Å². The number of aliphatic hydroxyl groups is 2. The molecule has 0 saturated carbocycles. The van der Waals surface area contributed by atoms with Crippen molar-refractivity contribution in [3.05, 3.63) is 0 Å². The zero-order chi connectivity index (χ0) is 26.4. The van der Waals surface area contributed by atoms with Gasteiger partial charge in [-0.15, -0.1) is 0 Å². The van der Waals surface area contributed by atoms with Gasteiger partial charge in [0.15, 0.2) is 0 Å². The third kappa shape index (κ3) is 28.5. The molecule has 0 bridgehead atoms. The second kappa shape index (κ2) is 31.1. The van der Waals surface area contributed by atoms with E-state index in [1.165, 1.54) is 167 Å². The smallest absolute Gasteiger partial charge is 0.0799 e. The van der Waals surface area contributed by atoms with Gasteiger partial charge in [0, 0.05) is 0 Å². The number of rotatable bonds is 31. The van der Waals surface area contributed by atoms with Gasteiger partial charge in [0.25, 0.3) is 0 Å². The standard InChI is InChI=1S/C34H70O2/c1-3-5-7-9-11-13-15-17-18-20-22-24-26-28-30-32-34(36)33(35)31-29-27-25-23-21-19-16-14-12-10-8-6-4-2/h33-36H,3-32H2,1-2H3. The van der Waals surface area contributed by atoms with Crippen LogP contribution < -0.4 is 0 Å². The van der Waals surface area contributed by atoms with Gasteiger partial charge in [-0.2, -0.15) is 0 Å². The normalized spacial score (nSPS) is 13.3. The van der Waals surface area contributed by atoms with Crippen molar-refractivity contribution in [3.8, 4) is 0 Å². The van der Waals surface area contributed by atoms with Crippen molar-refractivity contribution in [1.29, 1.82) is 0 Å². The van der Waals surface area contributed by atoms with Crippen LogP contribution in [0.4, 0.5) is 0 Å². The molecule has 218 valence electrons. The first-order valence-electron chi connectivity index (χ1n) is 17.1. The summed E-state index contributed by atoms with van der Waals surface area (Å²) in [6.45, 7) is 4.57. The second-order valence-corrected chi connectivity index (χ2v) is 11.9. The highest BCUT2D eigenvalue weighted by molar-refractivity contribution is 4.67. The first-order valence-corrected chi connectivity index (χ1v) is 17.1. The Bertz CT molecular complexity index is 383. The van der Waals surface area contributed by atoms with Crippen LogP contribution in [0.3, 0.4) is 0 Å². The van der Waals surface area contributed by atoms with Gasteiger partial charge in [-0.05, 0) is 12.8 Å². The molecule has 0 spiro atoms. The van der Waals surface area contributed by atoms with Crippen LogP contribution in [0.1, 0.15) is 206 Å². The largest absolute Gasteiger partial charge is 0.390 e. The van der Waals surface area contributed by atoms with Crippen molar-refractivity contribution >= 4 is 0 Å². The second-order valence-electron chi connectivity index (χ2n) is 11.9. The van der Waals surface area contributed by atoms with Crippen LogP contribution in [0.25, 0.3) is 0 Å². The van der Waals surface area contributed by atoms with Crippen LogP contribution in [0.2, 0.25) is 0 Å². The molecule has 2 heteroatoms. The monoisotopic (exact) mass is 511 g/mol. The van der Waals surface area contributed by atoms with Crippen LogP contribution in [0.5, 0.6) is 0 Å². The zero-order valence-electron chi connectivity index (χ0n) is 25.3. The molecule has 2 atom stereocenters. The van der Waals surface area contributed by atoms with E-state index in [-0.39, 0.29) is 0 Å². The topological polar surface area (TPSA) is 40.5 Å². The minimum atomic E-state index is -0.510. The van der Waals surface area contributed by atoms with Crippen molar-refractivity contribution in [2.75, 3.05) is 0 Å². The molecule has 0 aliphatic heterocycles. The van der Waals surface area contributed by atoms with E-state index in [2.05, 4.69) is 13.8 Å². The summed E-state index contributed by atoms with van der Waals surface area (Å²) >= 11 is 0. The maximum atomic E-state index is 10.3. The van der Waals surface area contributed by atoms with Gasteiger partial charge >= 0.3 is 0 Å². The lowest BCUT2D eigenvalue weighted by molar-refractivity contribution is 0.00711. The maximum Gasteiger partial charge on any atom is 0.0799 e. The Hall–Kier alpha value is -0.0800. The molecule has 0 aliphatic carbocycles. The van der Waals surface area contributed by atoms with Crippen molar-refractivity contribution in [2.45, 2.75) is 219 Å². The third-order valence-electron chi connectivity index (χ3n) is 8.15. The van der Waals surface area contributed by atoms with Crippen molar-refractivity contribution in [3.63, 3.8) is 0 Å². The molecule has 0 aromatic rings. The van der Waals surface area contributed by atoms with Crippen molar-refractivity contribution in [2.24, 2.45) is 0 Å². The third-order valence-corrected chi connectivity index (χ3v) is 8.15. The number of hydrogen-bond acceptors (Lipinski definition) is 2. The molecular formula is C34H70O2. The first-order chi connectivity index (χ1) is 17.7. The summed E-state index contributed by atoms with van der Waals surface area (Å²) in [6, 6.07) is 0. The fourth-order valence-electron chi connectivity index (χ4n) is 5.48. The van der Waals surface area contributed by atoms with Crippen LogP contribution >= 0.6 is 0 Å². The van der Waals surface area contributed by atoms with Gasteiger partial charge in [-0.25, -0.2) is 0 Å². The summed E-state index contributed by atoms with van der Waals surface area (Å²) < 4.78 is 0. The molecule has 0 fully saturated rings. The molecule has 0 rings (SSSR count). The average molecular weight is 511 g/mol. The highest BCUT2D eigenvalue weighted by atomic mass is 16.3. The molecule has 2 unspecified atom stereocenters. The molecule has 0 amide bonds. The Morgan fingerprint density at radius 1 is 0.278 bits per heavy atom. The molecule has 0 aliphatic rings. The van der Waals surface area contributed by atoms with E-state index in [0.717, 1.165) is 25.7 Å². The molecule has 0 saturated heterocycles. The Morgan fingerprint density at radius 3 is 0.639 bits per heavy atom. The molecular weight excluding hydrogens is 440 g/mol. The molecule has 36 heavy (non-hydrogen) atoms. The van der Waals surface area contributed by atoms with Gasteiger partial charge in [0.1, 0.15) is 0 Å². The predicted molar refractivity (Wildman–Crippen MR) is 162 cm³/mol. The number of unbranched alkanes of at least 4 members (excludes halogenated alkanes) is 26. The van der Waals surface area contributed by atoms with Crippen LogP contribution in [0, 0.1) is 0 Å². The quantitative estimate of drug-likeness (QED) is 0.0910. The van der Waals surface area contributed by atoms with E-state index in [4.69, 9.17) is 0 Å². The van der Waals surface area contributed by atoms with Crippen LogP contribution in [-0.4, -0.2) is 22.4 Å². The van der Waals surface area contributed by atoms with Gasteiger partial charge in [-0.1, -0.05) is 194 Å². The molecule has 2 N–H and O–H groups in total. The molecule has 0 aromatic carbocycles. The average Bonchev–Trinajstić information content (AvgIpc) is 2.88. The van der Waals surface area contributed by atoms with E-state index in [1.54, 1.807) is 0 Å². The minimum absolute atomic E-state index is 0.510. The molecule has 2 nitrogen and oxygen atoms in total. The highest BCUT2D eigenvalue weighted by Gasteiger charge is 2.15. The van der Waals surface area contributed by atoms with Gasteiger partial charge in [-0.3, -0.25) is 0 Å². The summed E-state index contributed by atoms with van der Waals surface area (Å²) in [4.78, 5) is 0. The lowest BCUT2D eigenvalue weighted by Crippen LogP contribution is -2.25. The summed E-state index contributed by atoms with van der Waals surface area (Å²) in [6.07, 6.45) is 38.6.